The predicted molar refractivity (Wildman–Crippen MR) is 275 cm³/mol. The monoisotopic (exact) mass is 842 g/mol. The van der Waals surface area contributed by atoms with Crippen LogP contribution in [0.1, 0.15) is 47.2 Å². The predicted octanol–water partition coefficient (Wildman–Crippen LogP) is 16.9. The molecule has 0 atom stereocenters. The molecule has 0 aromatic heterocycles. The lowest BCUT2D eigenvalue weighted by Crippen LogP contribution is -2.36. The standard InChI is InChI=1S/C64H46N2/c1-63(2)54-26-12-9-24-50(54)52-40-38-48(42-58(52)63)65(47-36-33-44(34-37-47)43-19-5-3-6-20-43)60-30-16-11-23-49(60)45-35-39-53-51-25-10-13-27-55(51)64(59(53)41-45)56-28-14-17-31-61(56)66(46-21-7-4-8-22-46)62-32-18-15-29-57(62)64/h3-42H,1-2H3. The maximum Gasteiger partial charge on any atom is 0.0754 e. The lowest BCUT2D eigenvalue weighted by Gasteiger charge is -2.45. The van der Waals surface area contributed by atoms with Crippen LogP contribution < -0.4 is 9.80 Å². The smallest absolute Gasteiger partial charge is 0.0754 e. The summed E-state index contributed by atoms with van der Waals surface area (Å²) >= 11 is 0. The molecule has 2 heteroatoms. The number of benzene rings is 10. The van der Waals surface area contributed by atoms with E-state index in [2.05, 4.69) is 266 Å². The molecule has 0 fully saturated rings. The van der Waals surface area contributed by atoms with Gasteiger partial charge in [0.15, 0.2) is 0 Å². The maximum absolute atomic E-state index is 2.51. The van der Waals surface area contributed by atoms with Crippen LogP contribution >= 0.6 is 0 Å². The van der Waals surface area contributed by atoms with E-state index in [1.165, 1.54) is 89.3 Å². The van der Waals surface area contributed by atoms with E-state index in [4.69, 9.17) is 0 Å². The highest BCUT2D eigenvalue weighted by atomic mass is 15.2. The fraction of sp³-hybridized carbons (Fsp3) is 0.0625. The first-order valence-electron chi connectivity index (χ1n) is 23.1. The molecule has 0 unspecified atom stereocenters. The Balaban J connectivity index is 1.03. The summed E-state index contributed by atoms with van der Waals surface area (Å²) in [4.78, 5) is 4.93. The average Bonchev–Trinajstić information content (AvgIpc) is 3.80. The summed E-state index contributed by atoms with van der Waals surface area (Å²) < 4.78 is 0. The SMILES string of the molecule is CC1(C)c2ccccc2-c2ccc(N(c3ccc(-c4ccccc4)cc3)c3ccccc3-c3ccc4c(c3)C3(c5ccccc5-4)c4ccccc4N(c4ccccc4)c4ccccc43)cc21. The van der Waals surface area contributed by atoms with Crippen molar-refractivity contribution in [3.63, 3.8) is 0 Å². The molecule has 0 amide bonds. The number of nitrogens with zero attached hydrogens (tertiary/aromatic N) is 2. The fourth-order valence-corrected chi connectivity index (χ4v) is 11.7. The molecular formula is C64H46N2. The normalized spacial score (nSPS) is 14.1. The largest absolute Gasteiger partial charge is 0.310 e. The number of rotatable bonds is 6. The highest BCUT2D eigenvalue weighted by molar-refractivity contribution is 5.98. The summed E-state index contributed by atoms with van der Waals surface area (Å²) in [6, 6.07) is 90.1. The van der Waals surface area contributed by atoms with Crippen LogP contribution in [0.25, 0.3) is 44.5 Å². The summed E-state index contributed by atoms with van der Waals surface area (Å²) in [6.45, 7) is 4.74. The lowest BCUT2D eigenvalue weighted by atomic mass is 9.64. The molecule has 66 heavy (non-hydrogen) atoms. The Kier molecular flexibility index (Phi) is 8.51. The molecule has 2 nitrogen and oxygen atoms in total. The minimum atomic E-state index is -0.553. The van der Waals surface area contributed by atoms with Crippen LogP contribution in [0, 0.1) is 0 Å². The third-order valence-corrected chi connectivity index (χ3v) is 14.7. The number of anilines is 6. The van der Waals surface area contributed by atoms with Crippen molar-refractivity contribution in [3.05, 3.63) is 276 Å². The average molecular weight is 843 g/mol. The zero-order valence-corrected chi connectivity index (χ0v) is 37.0. The highest BCUT2D eigenvalue weighted by Gasteiger charge is 2.51. The molecular weight excluding hydrogens is 797 g/mol. The third kappa shape index (κ3) is 5.48. The van der Waals surface area contributed by atoms with E-state index in [1.807, 2.05) is 0 Å². The Morgan fingerprint density at radius 1 is 0.318 bits per heavy atom. The van der Waals surface area contributed by atoms with Crippen LogP contribution in [0.4, 0.5) is 34.1 Å². The Labute approximate surface area is 387 Å². The molecule has 312 valence electrons. The van der Waals surface area contributed by atoms with Gasteiger partial charge in [0.25, 0.3) is 0 Å². The van der Waals surface area contributed by atoms with Crippen LogP contribution in [0.2, 0.25) is 0 Å². The number of hydrogen-bond donors (Lipinski definition) is 0. The highest BCUT2D eigenvalue weighted by Crippen LogP contribution is 2.64. The third-order valence-electron chi connectivity index (χ3n) is 14.7. The molecule has 2 aliphatic carbocycles. The number of hydrogen-bond acceptors (Lipinski definition) is 2. The van der Waals surface area contributed by atoms with Gasteiger partial charge in [0.05, 0.1) is 22.5 Å². The van der Waals surface area contributed by atoms with Gasteiger partial charge >= 0.3 is 0 Å². The zero-order chi connectivity index (χ0) is 44.0. The molecule has 10 aromatic carbocycles. The first-order valence-corrected chi connectivity index (χ1v) is 23.1. The molecule has 0 radical (unpaired) electrons. The van der Waals surface area contributed by atoms with Gasteiger partial charge in [0.1, 0.15) is 0 Å². The second kappa shape index (κ2) is 14.7. The van der Waals surface area contributed by atoms with Gasteiger partial charge in [0, 0.05) is 28.0 Å². The summed E-state index contributed by atoms with van der Waals surface area (Å²) in [5.41, 5.74) is 24.1. The van der Waals surface area contributed by atoms with Gasteiger partial charge in [-0.3, -0.25) is 0 Å². The van der Waals surface area contributed by atoms with Crippen molar-refractivity contribution in [2.75, 3.05) is 9.80 Å². The fourth-order valence-electron chi connectivity index (χ4n) is 11.7. The van der Waals surface area contributed by atoms with Gasteiger partial charge in [-0.2, -0.15) is 0 Å². The molecule has 0 bridgehead atoms. The van der Waals surface area contributed by atoms with E-state index in [-0.39, 0.29) is 5.41 Å². The van der Waals surface area contributed by atoms with Crippen molar-refractivity contribution in [2.24, 2.45) is 0 Å². The van der Waals surface area contributed by atoms with Crippen molar-refractivity contribution in [1.29, 1.82) is 0 Å². The topological polar surface area (TPSA) is 6.48 Å². The Hall–Kier alpha value is -8.20. The Morgan fingerprint density at radius 2 is 0.788 bits per heavy atom. The molecule has 1 aliphatic heterocycles. The molecule has 13 rings (SSSR count). The maximum atomic E-state index is 2.51. The zero-order valence-electron chi connectivity index (χ0n) is 37.0. The van der Waals surface area contributed by atoms with Crippen molar-refractivity contribution in [3.8, 4) is 44.5 Å². The minimum Gasteiger partial charge on any atom is -0.310 e. The van der Waals surface area contributed by atoms with E-state index >= 15 is 0 Å². The summed E-state index contributed by atoms with van der Waals surface area (Å²) in [5, 5.41) is 0. The molecule has 1 spiro atoms. The molecule has 0 saturated carbocycles. The molecule has 3 aliphatic rings. The number of para-hydroxylation sites is 4. The van der Waals surface area contributed by atoms with Crippen LogP contribution in [-0.2, 0) is 10.8 Å². The number of fused-ring (bicyclic) bond motifs is 12. The first kappa shape index (κ1) is 38.3. The van der Waals surface area contributed by atoms with E-state index in [0.29, 0.717) is 0 Å². The molecule has 10 aromatic rings. The van der Waals surface area contributed by atoms with Crippen molar-refractivity contribution >= 4 is 34.1 Å². The molecule has 0 N–H and O–H groups in total. The van der Waals surface area contributed by atoms with Gasteiger partial charge in [-0.1, -0.05) is 196 Å². The van der Waals surface area contributed by atoms with Crippen LogP contribution in [0.3, 0.4) is 0 Å². The first-order chi connectivity index (χ1) is 32.5. The quantitative estimate of drug-likeness (QED) is 0.165. The lowest BCUT2D eigenvalue weighted by molar-refractivity contribution is 0.660. The molecule has 1 heterocycles. The van der Waals surface area contributed by atoms with Gasteiger partial charge in [-0.15, -0.1) is 0 Å². The summed E-state index contributed by atoms with van der Waals surface area (Å²) in [7, 11) is 0. The van der Waals surface area contributed by atoms with E-state index < -0.39 is 5.41 Å². The van der Waals surface area contributed by atoms with E-state index in [0.717, 1.165) is 22.7 Å². The van der Waals surface area contributed by atoms with E-state index in [1.54, 1.807) is 0 Å². The van der Waals surface area contributed by atoms with Gasteiger partial charge in [-0.25, -0.2) is 0 Å². The van der Waals surface area contributed by atoms with Crippen molar-refractivity contribution < 1.29 is 0 Å². The summed E-state index contributed by atoms with van der Waals surface area (Å²) in [6.07, 6.45) is 0. The molecule has 0 saturated heterocycles. The van der Waals surface area contributed by atoms with Gasteiger partial charge in [-0.05, 0) is 133 Å². The Bertz CT molecular complexity index is 3460. The second-order valence-corrected chi connectivity index (χ2v) is 18.4. The van der Waals surface area contributed by atoms with Gasteiger partial charge < -0.3 is 9.80 Å². The van der Waals surface area contributed by atoms with Crippen molar-refractivity contribution in [2.45, 2.75) is 24.7 Å². The van der Waals surface area contributed by atoms with Crippen LogP contribution in [-0.4, -0.2) is 0 Å². The van der Waals surface area contributed by atoms with Crippen LogP contribution in [0.15, 0.2) is 243 Å². The van der Waals surface area contributed by atoms with Crippen LogP contribution in [0.5, 0.6) is 0 Å². The van der Waals surface area contributed by atoms with E-state index in [9.17, 15) is 0 Å². The van der Waals surface area contributed by atoms with Gasteiger partial charge in [0.2, 0.25) is 0 Å². The summed E-state index contributed by atoms with van der Waals surface area (Å²) in [5.74, 6) is 0. The minimum absolute atomic E-state index is 0.143. The van der Waals surface area contributed by atoms with Crippen molar-refractivity contribution in [1.82, 2.24) is 0 Å². The Morgan fingerprint density at radius 3 is 1.48 bits per heavy atom. The second-order valence-electron chi connectivity index (χ2n) is 18.4.